The first kappa shape index (κ1) is 12.2. The molecule has 0 amide bonds. The van der Waals surface area contributed by atoms with E-state index in [1.807, 2.05) is 18.2 Å². The lowest BCUT2D eigenvalue weighted by Crippen LogP contribution is -2.10. The van der Waals surface area contributed by atoms with Crippen molar-refractivity contribution in [3.05, 3.63) is 34.8 Å². The summed E-state index contributed by atoms with van der Waals surface area (Å²) in [7, 11) is 1.99. The van der Waals surface area contributed by atoms with Crippen molar-refractivity contribution in [3.63, 3.8) is 0 Å². The predicted octanol–water partition coefficient (Wildman–Crippen LogP) is 1.23. The van der Waals surface area contributed by atoms with Gasteiger partial charge in [-0.3, -0.25) is 0 Å². The normalized spacial score (nSPS) is 12.7. The minimum absolute atomic E-state index is 0.408. The molecule has 19 heavy (non-hydrogen) atoms. The second-order valence-electron chi connectivity index (χ2n) is 4.01. The molecule has 0 N–H and O–H groups in total. The Labute approximate surface area is 114 Å². The van der Waals surface area contributed by atoms with Crippen molar-refractivity contribution in [2.45, 2.75) is 6.61 Å². The summed E-state index contributed by atoms with van der Waals surface area (Å²) in [6.45, 7) is 0.609. The molecule has 0 atom stereocenters. The summed E-state index contributed by atoms with van der Waals surface area (Å²) in [6, 6.07) is 5.78. The van der Waals surface area contributed by atoms with E-state index in [0.29, 0.717) is 29.9 Å². The Kier molecular flexibility index (Phi) is 3.23. The molecule has 2 heterocycles. The van der Waals surface area contributed by atoms with Crippen molar-refractivity contribution in [1.29, 1.82) is 0 Å². The van der Waals surface area contributed by atoms with Crippen LogP contribution in [0.1, 0.15) is 15.2 Å². The van der Waals surface area contributed by atoms with Gasteiger partial charge in [-0.05, 0) is 23.2 Å². The Hall–Kier alpha value is -1.86. The first-order chi connectivity index (χ1) is 9.26. The fourth-order valence-electron chi connectivity index (χ4n) is 1.81. The summed E-state index contributed by atoms with van der Waals surface area (Å²) < 4.78 is 15.6. The van der Waals surface area contributed by atoms with Crippen molar-refractivity contribution in [2.24, 2.45) is 0 Å². The van der Waals surface area contributed by atoms with Gasteiger partial charge in [0.15, 0.2) is 0 Å². The van der Waals surface area contributed by atoms with Gasteiger partial charge in [-0.1, -0.05) is 17.4 Å². The molecular formula is C12H10BNO4S. The third-order valence-electron chi connectivity index (χ3n) is 2.77. The van der Waals surface area contributed by atoms with Crippen molar-refractivity contribution in [1.82, 2.24) is 4.98 Å². The number of thiazole rings is 1. The maximum atomic E-state index is 11.3. The van der Waals surface area contributed by atoms with Crippen LogP contribution in [0.2, 0.25) is 0 Å². The van der Waals surface area contributed by atoms with E-state index in [4.69, 9.17) is 9.39 Å². The van der Waals surface area contributed by atoms with E-state index in [9.17, 15) is 4.79 Å². The highest BCUT2D eigenvalue weighted by Gasteiger charge is 2.15. The molecule has 0 saturated carbocycles. The lowest BCUT2D eigenvalue weighted by atomic mass is 9.87. The van der Waals surface area contributed by atoms with Gasteiger partial charge in [0.1, 0.15) is 10.6 Å². The van der Waals surface area contributed by atoms with E-state index < -0.39 is 5.97 Å². The zero-order valence-corrected chi connectivity index (χ0v) is 11.0. The van der Waals surface area contributed by atoms with Crippen LogP contribution in [0.15, 0.2) is 24.4 Å². The molecule has 0 spiro atoms. The van der Waals surface area contributed by atoms with E-state index in [1.165, 1.54) is 18.8 Å². The maximum Gasteiger partial charge on any atom is 0.349 e. The molecule has 0 aliphatic carbocycles. The Morgan fingerprint density at radius 3 is 3.26 bits per heavy atom. The second-order valence-corrected chi connectivity index (χ2v) is 5.00. The number of aromatic nitrogens is 1. The fourth-order valence-corrected chi connectivity index (χ4v) is 2.52. The van der Waals surface area contributed by atoms with Crippen LogP contribution in [0, 0.1) is 0 Å². The number of nitrogens with zero attached hydrogens (tertiary/aromatic N) is 1. The molecule has 2 aromatic rings. The van der Waals surface area contributed by atoms with E-state index in [1.54, 1.807) is 0 Å². The smallest absolute Gasteiger partial charge is 0.349 e. The third-order valence-corrected chi connectivity index (χ3v) is 3.62. The van der Waals surface area contributed by atoms with Crippen LogP contribution >= 0.6 is 11.3 Å². The molecule has 0 radical (unpaired) electrons. The fraction of sp³-hybridized carbons (Fsp3) is 0.167. The average molecular weight is 275 g/mol. The van der Waals surface area contributed by atoms with Crippen LogP contribution < -0.4 is 10.2 Å². The average Bonchev–Trinajstić information content (AvgIpc) is 3.06. The molecule has 1 aromatic carbocycles. The molecule has 1 aromatic heterocycles. The summed E-state index contributed by atoms with van der Waals surface area (Å²) in [5.74, 6) is 0.282. The van der Waals surface area contributed by atoms with Gasteiger partial charge >= 0.3 is 13.5 Å². The van der Waals surface area contributed by atoms with Crippen molar-refractivity contribution in [3.8, 4) is 10.9 Å². The molecule has 3 rings (SSSR count). The van der Waals surface area contributed by atoms with Gasteiger partial charge < -0.3 is 14.1 Å². The zero-order valence-electron chi connectivity index (χ0n) is 10.2. The number of ether oxygens (including phenoxy) is 2. The summed E-state index contributed by atoms with van der Waals surface area (Å²) in [5, 5.41) is 0.416. The van der Waals surface area contributed by atoms with Crippen molar-refractivity contribution < 1.29 is 18.9 Å². The number of rotatable bonds is 3. The van der Waals surface area contributed by atoms with Gasteiger partial charge in [0.2, 0.25) is 0 Å². The van der Waals surface area contributed by atoms with Gasteiger partial charge in [-0.2, -0.15) is 0 Å². The molecule has 0 unspecified atom stereocenters. The SMILES string of the molecule is COC(=O)c1cnc(Oc2ccc3c(c2)COB3)s1. The topological polar surface area (TPSA) is 57.7 Å². The van der Waals surface area contributed by atoms with Crippen LogP contribution in [-0.4, -0.2) is 25.5 Å². The van der Waals surface area contributed by atoms with Crippen LogP contribution in [0.25, 0.3) is 0 Å². The van der Waals surface area contributed by atoms with Crippen LogP contribution in [0.5, 0.6) is 10.9 Å². The molecule has 1 aliphatic heterocycles. The first-order valence-corrected chi connectivity index (χ1v) is 6.49. The zero-order chi connectivity index (χ0) is 13.2. The van der Waals surface area contributed by atoms with Crippen molar-refractivity contribution in [2.75, 3.05) is 7.11 Å². The number of carbonyl (C=O) groups is 1. The Morgan fingerprint density at radius 2 is 2.42 bits per heavy atom. The van der Waals surface area contributed by atoms with E-state index in [-0.39, 0.29) is 0 Å². The summed E-state index contributed by atoms with van der Waals surface area (Å²) >= 11 is 1.15. The number of methoxy groups -OCH3 is 1. The maximum absolute atomic E-state index is 11.3. The Morgan fingerprint density at radius 1 is 1.53 bits per heavy atom. The highest BCUT2D eigenvalue weighted by molar-refractivity contribution is 7.15. The van der Waals surface area contributed by atoms with Crippen LogP contribution in [0.3, 0.4) is 0 Å². The Bertz CT molecular complexity index is 628. The molecule has 0 saturated heterocycles. The van der Waals surface area contributed by atoms with Gasteiger partial charge in [-0.15, -0.1) is 0 Å². The molecule has 0 bridgehead atoms. The van der Waals surface area contributed by atoms with E-state index in [0.717, 1.165) is 16.9 Å². The minimum atomic E-state index is -0.408. The molecular weight excluding hydrogens is 265 g/mol. The van der Waals surface area contributed by atoms with Gasteiger partial charge in [0.25, 0.3) is 5.19 Å². The molecule has 7 heteroatoms. The third kappa shape index (κ3) is 2.47. The number of hydrogen-bond donors (Lipinski definition) is 0. The largest absolute Gasteiger partial charge is 0.465 e. The number of hydrogen-bond acceptors (Lipinski definition) is 6. The monoisotopic (exact) mass is 275 g/mol. The van der Waals surface area contributed by atoms with Gasteiger partial charge in [0, 0.05) is 0 Å². The van der Waals surface area contributed by atoms with Crippen LogP contribution in [0.4, 0.5) is 0 Å². The van der Waals surface area contributed by atoms with E-state index in [2.05, 4.69) is 9.72 Å². The summed E-state index contributed by atoms with van der Waals surface area (Å²) in [4.78, 5) is 15.8. The highest BCUT2D eigenvalue weighted by Crippen LogP contribution is 2.27. The standard InChI is InChI=1S/C12H10BNO4S/c1-16-11(15)10-5-14-12(19-10)18-8-2-3-9-7(4-8)6-17-13-9/h2-5,13H,6H2,1H3. The lowest BCUT2D eigenvalue weighted by molar-refractivity contribution is 0.0606. The predicted molar refractivity (Wildman–Crippen MR) is 71.5 cm³/mol. The van der Waals surface area contributed by atoms with Crippen LogP contribution in [-0.2, 0) is 16.0 Å². The lowest BCUT2D eigenvalue weighted by Gasteiger charge is -2.03. The Balaban J connectivity index is 1.78. The molecule has 0 fully saturated rings. The first-order valence-electron chi connectivity index (χ1n) is 5.68. The number of carbonyl (C=O) groups excluding carboxylic acids is 1. The molecule has 5 nitrogen and oxygen atoms in total. The van der Waals surface area contributed by atoms with Gasteiger partial charge in [0.05, 0.1) is 19.9 Å². The number of esters is 1. The number of benzene rings is 1. The summed E-state index contributed by atoms with van der Waals surface area (Å²) in [6.07, 6.45) is 1.45. The van der Waals surface area contributed by atoms with Crippen molar-refractivity contribution >= 4 is 30.3 Å². The highest BCUT2D eigenvalue weighted by atomic mass is 32.1. The second kappa shape index (κ2) is 5.03. The number of fused-ring (bicyclic) bond motifs is 1. The van der Waals surface area contributed by atoms with Gasteiger partial charge in [-0.25, -0.2) is 9.78 Å². The summed E-state index contributed by atoms with van der Waals surface area (Å²) in [5.41, 5.74) is 2.31. The molecule has 1 aliphatic rings. The minimum Gasteiger partial charge on any atom is -0.465 e. The quantitative estimate of drug-likeness (QED) is 0.623. The van der Waals surface area contributed by atoms with E-state index >= 15 is 0 Å². The molecule has 96 valence electrons.